The second-order valence-corrected chi connectivity index (χ2v) is 2.41. The van der Waals surface area contributed by atoms with Gasteiger partial charge in [-0.15, -0.1) is 0 Å². The molecule has 1 heterocycles. The van der Waals surface area contributed by atoms with Gasteiger partial charge in [-0.25, -0.2) is 4.79 Å². The van der Waals surface area contributed by atoms with Crippen LogP contribution in [0.3, 0.4) is 0 Å². The predicted octanol–water partition coefficient (Wildman–Crippen LogP) is 1.11. The molecule has 1 rings (SSSR count). The molecule has 1 aromatic heterocycles. The van der Waals surface area contributed by atoms with Crippen molar-refractivity contribution in [1.29, 1.82) is 0 Å². The van der Waals surface area contributed by atoms with E-state index in [2.05, 4.69) is 4.42 Å². The van der Waals surface area contributed by atoms with Gasteiger partial charge in [0.25, 0.3) is 0 Å². The Hall–Kier alpha value is -1.43. The molecule has 13 heavy (non-hydrogen) atoms. The zero-order chi connectivity index (χ0) is 10.1. The number of carbonyl (C=O) groups is 1. The minimum Gasteiger partial charge on any atom is -0.475 e. The van der Waals surface area contributed by atoms with E-state index < -0.39 is 24.3 Å². The summed E-state index contributed by atoms with van der Waals surface area (Å²) in [6.45, 7) is 0. The number of carboxylic acid groups (broad SMARTS) is 1. The van der Waals surface area contributed by atoms with Crippen LogP contribution in [0.4, 0.5) is 8.78 Å². The largest absolute Gasteiger partial charge is 0.475 e. The highest BCUT2D eigenvalue weighted by Crippen LogP contribution is 2.18. The molecule has 0 radical (unpaired) electrons. The summed E-state index contributed by atoms with van der Waals surface area (Å²) in [5, 5.41) is 16.4. The fraction of sp³-hybridized carbons (Fsp3) is 0.286. The van der Waals surface area contributed by atoms with E-state index in [9.17, 15) is 13.6 Å². The van der Waals surface area contributed by atoms with Gasteiger partial charge in [-0.05, 0) is 12.1 Å². The summed E-state index contributed by atoms with van der Waals surface area (Å²) < 4.78 is 28.4. The molecule has 1 aromatic rings. The van der Waals surface area contributed by atoms with Crippen molar-refractivity contribution in [3.63, 3.8) is 0 Å². The topological polar surface area (TPSA) is 70.7 Å². The first-order valence-corrected chi connectivity index (χ1v) is 3.31. The molecule has 0 fully saturated rings. The zero-order valence-electron chi connectivity index (χ0n) is 6.33. The van der Waals surface area contributed by atoms with Crippen molar-refractivity contribution in [1.82, 2.24) is 0 Å². The molecule has 0 bridgehead atoms. The van der Waals surface area contributed by atoms with Crippen LogP contribution >= 0.6 is 0 Å². The van der Waals surface area contributed by atoms with Crippen molar-refractivity contribution in [2.24, 2.45) is 0 Å². The van der Waals surface area contributed by atoms with E-state index in [1.54, 1.807) is 0 Å². The van der Waals surface area contributed by atoms with Crippen LogP contribution < -0.4 is 0 Å². The molecule has 6 heteroatoms. The molecular formula is C7H6F2O4. The molecule has 4 nitrogen and oxygen atoms in total. The Morgan fingerprint density at radius 3 is 2.54 bits per heavy atom. The van der Waals surface area contributed by atoms with Gasteiger partial charge >= 0.3 is 12.1 Å². The Morgan fingerprint density at radius 2 is 2.15 bits per heavy atom. The highest BCUT2D eigenvalue weighted by atomic mass is 19.3. The Balaban J connectivity index is 2.75. The molecule has 0 saturated heterocycles. The van der Waals surface area contributed by atoms with E-state index in [1.165, 1.54) is 0 Å². The molecule has 0 atom stereocenters. The lowest BCUT2D eigenvalue weighted by Gasteiger charge is -2.04. The van der Waals surface area contributed by atoms with Gasteiger partial charge in [-0.1, -0.05) is 0 Å². The SMILES string of the molecule is O=C(O)c1ccc(CC(O)(F)F)o1. The van der Waals surface area contributed by atoms with Gasteiger partial charge in [0, 0.05) is 0 Å². The van der Waals surface area contributed by atoms with Crippen LogP contribution in [0.2, 0.25) is 0 Å². The van der Waals surface area contributed by atoms with E-state index in [-0.39, 0.29) is 5.76 Å². The molecular weight excluding hydrogens is 186 g/mol. The summed E-state index contributed by atoms with van der Waals surface area (Å²) in [5.74, 6) is -2.04. The van der Waals surface area contributed by atoms with Crippen LogP contribution in [0, 0.1) is 0 Å². The summed E-state index contributed by atoms with van der Waals surface area (Å²) in [5.41, 5.74) is 0. The summed E-state index contributed by atoms with van der Waals surface area (Å²) in [6, 6.07) is 2.12. The summed E-state index contributed by atoms with van der Waals surface area (Å²) in [6.07, 6.45) is -4.91. The first kappa shape index (κ1) is 9.66. The second-order valence-electron chi connectivity index (χ2n) is 2.41. The van der Waals surface area contributed by atoms with Crippen molar-refractivity contribution >= 4 is 5.97 Å². The fourth-order valence-corrected chi connectivity index (χ4v) is 0.797. The number of aromatic carboxylic acids is 1. The Morgan fingerprint density at radius 1 is 1.54 bits per heavy atom. The molecule has 0 aliphatic carbocycles. The maximum Gasteiger partial charge on any atom is 0.371 e. The van der Waals surface area contributed by atoms with Gasteiger partial charge < -0.3 is 14.6 Å². The standard InChI is InChI=1S/C7H6F2O4/c8-7(9,12)3-4-1-2-5(13-4)6(10)11/h1-2,12H,3H2,(H,10,11). The maximum absolute atomic E-state index is 12.0. The molecule has 0 unspecified atom stereocenters. The zero-order valence-corrected chi connectivity index (χ0v) is 6.33. The number of furan rings is 1. The highest BCUT2D eigenvalue weighted by molar-refractivity contribution is 5.84. The summed E-state index contributed by atoms with van der Waals surface area (Å²) >= 11 is 0. The van der Waals surface area contributed by atoms with Crippen LogP contribution in [-0.4, -0.2) is 22.3 Å². The lowest BCUT2D eigenvalue weighted by Crippen LogP contribution is -2.17. The first-order valence-electron chi connectivity index (χ1n) is 3.31. The van der Waals surface area contributed by atoms with Crippen LogP contribution in [-0.2, 0) is 6.42 Å². The normalized spacial score (nSPS) is 11.6. The van der Waals surface area contributed by atoms with Crippen LogP contribution in [0.1, 0.15) is 16.3 Å². The van der Waals surface area contributed by atoms with E-state index in [0.717, 1.165) is 12.1 Å². The average Bonchev–Trinajstić information content (AvgIpc) is 2.31. The quantitative estimate of drug-likeness (QED) is 0.752. The third-order valence-corrected chi connectivity index (χ3v) is 1.26. The van der Waals surface area contributed by atoms with Gasteiger partial charge in [0.15, 0.2) is 0 Å². The number of carboxylic acids is 1. The number of hydrogen-bond donors (Lipinski definition) is 2. The van der Waals surface area contributed by atoms with Gasteiger partial charge in [-0.2, -0.15) is 8.78 Å². The van der Waals surface area contributed by atoms with Crippen molar-refractivity contribution in [3.8, 4) is 0 Å². The van der Waals surface area contributed by atoms with Gasteiger partial charge in [-0.3, -0.25) is 0 Å². The van der Waals surface area contributed by atoms with Crippen molar-refractivity contribution < 1.29 is 28.2 Å². The molecule has 2 N–H and O–H groups in total. The molecule has 0 amide bonds. The third kappa shape index (κ3) is 2.83. The lowest BCUT2D eigenvalue weighted by atomic mass is 10.3. The Bertz CT molecular complexity index is 313. The van der Waals surface area contributed by atoms with Gasteiger partial charge in [0.2, 0.25) is 5.76 Å². The number of hydrogen-bond acceptors (Lipinski definition) is 3. The number of rotatable bonds is 3. The number of alkyl halides is 2. The van der Waals surface area contributed by atoms with Crippen LogP contribution in [0.15, 0.2) is 16.5 Å². The first-order chi connectivity index (χ1) is 5.88. The Labute approximate surface area is 71.4 Å². The van der Waals surface area contributed by atoms with Crippen molar-refractivity contribution in [3.05, 3.63) is 23.7 Å². The molecule has 0 aliphatic rings. The van der Waals surface area contributed by atoms with E-state index >= 15 is 0 Å². The van der Waals surface area contributed by atoms with Crippen LogP contribution in [0.5, 0.6) is 0 Å². The molecule has 0 spiro atoms. The molecule has 0 saturated carbocycles. The monoisotopic (exact) mass is 192 g/mol. The lowest BCUT2D eigenvalue weighted by molar-refractivity contribution is -0.199. The van der Waals surface area contributed by atoms with Crippen molar-refractivity contribution in [2.75, 3.05) is 0 Å². The smallest absolute Gasteiger partial charge is 0.371 e. The number of halogens is 2. The van der Waals surface area contributed by atoms with E-state index in [1.807, 2.05) is 0 Å². The third-order valence-electron chi connectivity index (χ3n) is 1.26. The second kappa shape index (κ2) is 3.14. The molecule has 0 aliphatic heterocycles. The maximum atomic E-state index is 12.0. The summed E-state index contributed by atoms with van der Waals surface area (Å²) in [4.78, 5) is 10.2. The predicted molar refractivity (Wildman–Crippen MR) is 36.5 cm³/mol. The fourth-order valence-electron chi connectivity index (χ4n) is 0.797. The number of aliphatic hydroxyl groups is 1. The average molecular weight is 192 g/mol. The van der Waals surface area contributed by atoms with E-state index in [0.29, 0.717) is 0 Å². The van der Waals surface area contributed by atoms with E-state index in [4.69, 9.17) is 10.2 Å². The minimum absolute atomic E-state index is 0.273. The van der Waals surface area contributed by atoms with Gasteiger partial charge in [0.1, 0.15) is 5.76 Å². The highest BCUT2D eigenvalue weighted by Gasteiger charge is 2.27. The van der Waals surface area contributed by atoms with Crippen LogP contribution in [0.25, 0.3) is 0 Å². The molecule has 72 valence electrons. The van der Waals surface area contributed by atoms with Gasteiger partial charge in [0.05, 0.1) is 6.42 Å². The minimum atomic E-state index is -3.88. The molecule has 0 aromatic carbocycles. The Kier molecular flexibility index (Phi) is 2.33. The summed E-state index contributed by atoms with van der Waals surface area (Å²) in [7, 11) is 0. The van der Waals surface area contributed by atoms with Crippen molar-refractivity contribution in [2.45, 2.75) is 12.5 Å².